The standard InChI is InChI=1S/C14H29N3O4/c1-3-8-20-10-11-21-9-7-17-14(19)12(15)5-6-13(18)16-4-2/h12H,3-11,15H2,1-2H3,(H,16,18)(H,17,19). The summed E-state index contributed by atoms with van der Waals surface area (Å²) in [5.74, 6) is -0.346. The molecule has 0 spiro atoms. The molecule has 0 aliphatic heterocycles. The van der Waals surface area contributed by atoms with E-state index in [1.807, 2.05) is 13.8 Å². The van der Waals surface area contributed by atoms with Gasteiger partial charge in [0.05, 0.1) is 25.9 Å². The number of ether oxygens (including phenoxy) is 2. The molecule has 0 heterocycles. The average Bonchev–Trinajstić information content (AvgIpc) is 2.47. The van der Waals surface area contributed by atoms with Crippen LogP contribution >= 0.6 is 0 Å². The van der Waals surface area contributed by atoms with Crippen molar-refractivity contribution in [2.45, 2.75) is 39.2 Å². The fourth-order valence-electron chi connectivity index (χ4n) is 1.55. The Morgan fingerprint density at radius 1 is 1.05 bits per heavy atom. The minimum absolute atomic E-state index is 0.0869. The van der Waals surface area contributed by atoms with Gasteiger partial charge in [-0.2, -0.15) is 0 Å². The number of amides is 2. The molecule has 1 unspecified atom stereocenters. The first-order valence-electron chi connectivity index (χ1n) is 7.57. The molecule has 0 fully saturated rings. The summed E-state index contributed by atoms with van der Waals surface area (Å²) in [6.45, 7) is 7.11. The molecule has 124 valence electrons. The van der Waals surface area contributed by atoms with E-state index in [4.69, 9.17) is 15.2 Å². The smallest absolute Gasteiger partial charge is 0.237 e. The second-order valence-electron chi connectivity index (χ2n) is 4.61. The van der Waals surface area contributed by atoms with Gasteiger partial charge < -0.3 is 25.8 Å². The molecule has 2 amide bonds. The molecule has 0 radical (unpaired) electrons. The van der Waals surface area contributed by atoms with Gasteiger partial charge in [-0.05, 0) is 19.8 Å². The summed E-state index contributed by atoms with van der Waals surface area (Å²) < 4.78 is 10.5. The Kier molecular flexibility index (Phi) is 13.0. The van der Waals surface area contributed by atoms with E-state index in [0.29, 0.717) is 39.3 Å². The molecule has 0 aromatic rings. The molecule has 0 aliphatic rings. The van der Waals surface area contributed by atoms with E-state index in [9.17, 15) is 9.59 Å². The van der Waals surface area contributed by atoms with Crippen LogP contribution < -0.4 is 16.4 Å². The van der Waals surface area contributed by atoms with Gasteiger partial charge in [0.25, 0.3) is 0 Å². The molecule has 0 rings (SSSR count). The number of hydrogen-bond acceptors (Lipinski definition) is 5. The van der Waals surface area contributed by atoms with E-state index in [0.717, 1.165) is 13.0 Å². The van der Waals surface area contributed by atoms with Crippen LogP contribution in [0.5, 0.6) is 0 Å². The van der Waals surface area contributed by atoms with E-state index in [1.165, 1.54) is 0 Å². The Morgan fingerprint density at radius 3 is 2.33 bits per heavy atom. The molecule has 0 saturated heterocycles. The van der Waals surface area contributed by atoms with Gasteiger partial charge in [-0.25, -0.2) is 0 Å². The minimum Gasteiger partial charge on any atom is -0.379 e. The van der Waals surface area contributed by atoms with E-state index in [2.05, 4.69) is 10.6 Å². The van der Waals surface area contributed by atoms with Crippen molar-refractivity contribution >= 4 is 11.8 Å². The van der Waals surface area contributed by atoms with Gasteiger partial charge in [-0.1, -0.05) is 6.92 Å². The van der Waals surface area contributed by atoms with Crippen molar-refractivity contribution in [2.75, 3.05) is 39.5 Å². The highest BCUT2D eigenvalue weighted by atomic mass is 16.5. The molecule has 0 bridgehead atoms. The van der Waals surface area contributed by atoms with E-state index in [1.54, 1.807) is 0 Å². The lowest BCUT2D eigenvalue weighted by Crippen LogP contribution is -2.42. The number of carbonyl (C=O) groups excluding carboxylic acids is 2. The lowest BCUT2D eigenvalue weighted by Gasteiger charge is -2.12. The predicted octanol–water partition coefficient (Wildman–Crippen LogP) is -0.211. The number of rotatable bonds is 13. The largest absolute Gasteiger partial charge is 0.379 e. The summed E-state index contributed by atoms with van der Waals surface area (Å²) in [4.78, 5) is 22.9. The van der Waals surface area contributed by atoms with E-state index < -0.39 is 6.04 Å². The third-order valence-electron chi connectivity index (χ3n) is 2.66. The van der Waals surface area contributed by atoms with Gasteiger partial charge in [-0.3, -0.25) is 9.59 Å². The van der Waals surface area contributed by atoms with Crippen molar-refractivity contribution in [1.82, 2.24) is 10.6 Å². The highest BCUT2D eigenvalue weighted by Gasteiger charge is 2.14. The summed E-state index contributed by atoms with van der Waals surface area (Å²) >= 11 is 0. The van der Waals surface area contributed by atoms with Crippen molar-refractivity contribution < 1.29 is 19.1 Å². The SMILES string of the molecule is CCCOCCOCCNC(=O)C(N)CCC(=O)NCC. The molecule has 7 heteroatoms. The molecule has 0 aromatic carbocycles. The van der Waals surface area contributed by atoms with Gasteiger partial charge in [0.15, 0.2) is 0 Å². The lowest BCUT2D eigenvalue weighted by atomic mass is 10.1. The zero-order chi connectivity index (χ0) is 15.9. The molecule has 1 atom stereocenters. The highest BCUT2D eigenvalue weighted by Crippen LogP contribution is 1.94. The topological polar surface area (TPSA) is 103 Å². The molecular weight excluding hydrogens is 274 g/mol. The summed E-state index contributed by atoms with van der Waals surface area (Å²) in [5, 5.41) is 5.34. The van der Waals surface area contributed by atoms with Crippen molar-refractivity contribution in [3.63, 3.8) is 0 Å². The van der Waals surface area contributed by atoms with Crippen molar-refractivity contribution in [3.8, 4) is 0 Å². The Balaban J connectivity index is 3.49. The van der Waals surface area contributed by atoms with E-state index >= 15 is 0 Å². The minimum atomic E-state index is -0.666. The summed E-state index contributed by atoms with van der Waals surface area (Å²) in [6, 6.07) is -0.666. The van der Waals surface area contributed by atoms with Gasteiger partial charge >= 0.3 is 0 Å². The van der Waals surface area contributed by atoms with Gasteiger partial charge in [0.1, 0.15) is 0 Å². The van der Waals surface area contributed by atoms with Crippen LogP contribution in [0.25, 0.3) is 0 Å². The molecule has 4 N–H and O–H groups in total. The second-order valence-corrected chi connectivity index (χ2v) is 4.61. The van der Waals surface area contributed by atoms with Gasteiger partial charge in [0.2, 0.25) is 11.8 Å². The first kappa shape index (κ1) is 19.8. The first-order valence-corrected chi connectivity index (χ1v) is 7.57. The first-order chi connectivity index (χ1) is 10.1. The summed E-state index contributed by atoms with van der Waals surface area (Å²) in [6.07, 6.45) is 1.58. The predicted molar refractivity (Wildman–Crippen MR) is 80.8 cm³/mol. The second kappa shape index (κ2) is 13.8. The fraction of sp³-hybridized carbons (Fsp3) is 0.857. The van der Waals surface area contributed by atoms with Crippen LogP contribution in [-0.4, -0.2) is 57.4 Å². The third-order valence-corrected chi connectivity index (χ3v) is 2.66. The normalized spacial score (nSPS) is 12.0. The average molecular weight is 303 g/mol. The molecule has 0 aliphatic carbocycles. The summed E-state index contributed by atoms with van der Waals surface area (Å²) in [5.41, 5.74) is 5.70. The fourth-order valence-corrected chi connectivity index (χ4v) is 1.55. The summed E-state index contributed by atoms with van der Waals surface area (Å²) in [7, 11) is 0. The van der Waals surface area contributed by atoms with Crippen LogP contribution in [0.1, 0.15) is 33.1 Å². The van der Waals surface area contributed by atoms with Gasteiger partial charge in [-0.15, -0.1) is 0 Å². The maximum atomic E-state index is 11.6. The number of hydrogen-bond donors (Lipinski definition) is 3. The molecule has 0 aromatic heterocycles. The Bertz CT molecular complexity index is 287. The monoisotopic (exact) mass is 303 g/mol. The van der Waals surface area contributed by atoms with Crippen LogP contribution in [0.15, 0.2) is 0 Å². The molecular formula is C14H29N3O4. The number of nitrogens with one attached hydrogen (secondary N) is 2. The van der Waals surface area contributed by atoms with Crippen LogP contribution in [0.2, 0.25) is 0 Å². The zero-order valence-electron chi connectivity index (χ0n) is 13.2. The molecule has 7 nitrogen and oxygen atoms in total. The quantitative estimate of drug-likeness (QED) is 0.409. The molecule has 0 saturated carbocycles. The van der Waals surface area contributed by atoms with Crippen molar-refractivity contribution in [1.29, 1.82) is 0 Å². The van der Waals surface area contributed by atoms with Gasteiger partial charge in [0, 0.05) is 26.1 Å². The Labute approximate surface area is 126 Å². The number of nitrogens with two attached hydrogens (primary N) is 1. The maximum absolute atomic E-state index is 11.6. The Hall–Kier alpha value is -1.18. The molecule has 21 heavy (non-hydrogen) atoms. The lowest BCUT2D eigenvalue weighted by molar-refractivity contribution is -0.123. The van der Waals surface area contributed by atoms with Crippen molar-refractivity contribution in [3.05, 3.63) is 0 Å². The highest BCUT2D eigenvalue weighted by molar-refractivity contribution is 5.82. The number of carbonyl (C=O) groups is 2. The van der Waals surface area contributed by atoms with Crippen LogP contribution in [0.3, 0.4) is 0 Å². The van der Waals surface area contributed by atoms with Crippen LogP contribution in [0.4, 0.5) is 0 Å². The van der Waals surface area contributed by atoms with E-state index in [-0.39, 0.29) is 18.2 Å². The Morgan fingerprint density at radius 2 is 1.71 bits per heavy atom. The van der Waals surface area contributed by atoms with Crippen LogP contribution in [-0.2, 0) is 19.1 Å². The van der Waals surface area contributed by atoms with Crippen molar-refractivity contribution in [2.24, 2.45) is 5.73 Å². The van der Waals surface area contributed by atoms with Crippen LogP contribution in [0, 0.1) is 0 Å². The zero-order valence-corrected chi connectivity index (χ0v) is 13.2. The third kappa shape index (κ3) is 12.3. The maximum Gasteiger partial charge on any atom is 0.237 e.